The predicted molar refractivity (Wildman–Crippen MR) is 94.8 cm³/mol. The highest BCUT2D eigenvalue weighted by Gasteiger charge is 2.26. The zero-order valence-electron chi connectivity index (χ0n) is 14.8. The lowest BCUT2D eigenvalue weighted by molar-refractivity contribution is -0.134. The third-order valence-corrected chi connectivity index (χ3v) is 4.61. The molecule has 0 saturated carbocycles. The van der Waals surface area contributed by atoms with E-state index >= 15 is 0 Å². The highest BCUT2D eigenvalue weighted by Crippen LogP contribution is 2.37. The van der Waals surface area contributed by atoms with Gasteiger partial charge in [0.25, 0.3) is 0 Å². The van der Waals surface area contributed by atoms with E-state index in [4.69, 9.17) is 13.7 Å². The lowest BCUT2D eigenvalue weighted by Gasteiger charge is -2.15. The molecule has 0 atom stereocenters. The molecule has 0 heterocycles. The van der Waals surface area contributed by atoms with Crippen LogP contribution in [0.25, 0.3) is 6.08 Å². The van der Waals surface area contributed by atoms with Gasteiger partial charge in [0.2, 0.25) is 0 Å². The minimum atomic E-state index is -4.39. The van der Waals surface area contributed by atoms with Crippen molar-refractivity contribution in [2.45, 2.75) is 4.90 Å². The zero-order chi connectivity index (χ0) is 20.0. The van der Waals surface area contributed by atoms with Gasteiger partial charge in [0.15, 0.2) is 16.4 Å². The Hall–Kier alpha value is -3.07. The molecule has 2 rings (SSSR count). The zero-order valence-corrected chi connectivity index (χ0v) is 15.6. The van der Waals surface area contributed by atoms with Crippen LogP contribution in [0.4, 0.5) is 4.39 Å². The first kappa shape index (κ1) is 20.2. The Morgan fingerprint density at radius 3 is 2.41 bits per heavy atom. The molecular weight excluding hydrogens is 379 g/mol. The second kappa shape index (κ2) is 8.54. The van der Waals surface area contributed by atoms with Gasteiger partial charge in [-0.2, -0.15) is 8.42 Å². The van der Waals surface area contributed by atoms with Crippen molar-refractivity contribution >= 4 is 22.2 Å². The van der Waals surface area contributed by atoms with E-state index in [1.165, 1.54) is 51.7 Å². The van der Waals surface area contributed by atoms with Crippen molar-refractivity contribution in [3.05, 3.63) is 53.9 Å². The van der Waals surface area contributed by atoms with Gasteiger partial charge in [-0.25, -0.2) is 9.18 Å². The Morgan fingerprint density at radius 1 is 1.07 bits per heavy atom. The quantitative estimate of drug-likeness (QED) is 0.404. The van der Waals surface area contributed by atoms with Crippen LogP contribution >= 0.6 is 0 Å². The van der Waals surface area contributed by atoms with Gasteiger partial charge in [0.1, 0.15) is 11.6 Å². The minimum absolute atomic E-state index is 0.0934. The van der Waals surface area contributed by atoms with Crippen LogP contribution in [-0.2, 0) is 19.6 Å². The van der Waals surface area contributed by atoms with Gasteiger partial charge in [-0.05, 0) is 35.9 Å². The molecule has 27 heavy (non-hydrogen) atoms. The third kappa shape index (κ3) is 4.98. The summed E-state index contributed by atoms with van der Waals surface area (Å²) in [6.07, 6.45) is 2.46. The van der Waals surface area contributed by atoms with E-state index in [2.05, 4.69) is 4.74 Å². The van der Waals surface area contributed by atoms with Crippen molar-refractivity contribution in [3.8, 4) is 17.2 Å². The number of carbonyl (C=O) groups excluding carboxylic acids is 1. The Kier molecular flexibility index (Phi) is 6.40. The first-order valence-corrected chi connectivity index (χ1v) is 8.93. The van der Waals surface area contributed by atoms with E-state index in [-0.39, 0.29) is 22.1 Å². The molecule has 9 heteroatoms. The van der Waals surface area contributed by atoms with Crippen LogP contribution in [0, 0.1) is 5.82 Å². The molecule has 144 valence electrons. The molecule has 0 aliphatic carbocycles. The minimum Gasteiger partial charge on any atom is -0.493 e. The lowest BCUT2D eigenvalue weighted by atomic mass is 10.2. The average Bonchev–Trinajstić information content (AvgIpc) is 2.64. The fourth-order valence-electron chi connectivity index (χ4n) is 2.15. The Bertz CT molecular complexity index is 968. The summed E-state index contributed by atoms with van der Waals surface area (Å²) < 4.78 is 58.5. The van der Waals surface area contributed by atoms with Crippen LogP contribution in [0.5, 0.6) is 17.2 Å². The SMILES string of the molecule is COC(=O)/C=C/c1cc(OC)c(OC)c(S(=O)(=O)Oc2cccc(F)c2)c1. The Labute approximate surface area is 156 Å². The van der Waals surface area contributed by atoms with E-state index < -0.39 is 21.9 Å². The number of esters is 1. The first-order valence-electron chi connectivity index (χ1n) is 7.53. The summed E-state index contributed by atoms with van der Waals surface area (Å²) in [6, 6.07) is 7.40. The van der Waals surface area contributed by atoms with Gasteiger partial charge in [-0.15, -0.1) is 0 Å². The molecule has 7 nitrogen and oxygen atoms in total. The second-order valence-corrected chi connectivity index (χ2v) is 6.62. The monoisotopic (exact) mass is 396 g/mol. The molecule has 2 aromatic rings. The maximum atomic E-state index is 13.3. The summed E-state index contributed by atoms with van der Waals surface area (Å²) in [5, 5.41) is 0. The van der Waals surface area contributed by atoms with Crippen molar-refractivity contribution in [2.75, 3.05) is 21.3 Å². The summed E-state index contributed by atoms with van der Waals surface area (Å²) in [5.41, 5.74) is 0.319. The molecule has 0 aliphatic rings. The maximum Gasteiger partial charge on any atom is 0.343 e. The highest BCUT2D eigenvalue weighted by molar-refractivity contribution is 7.87. The number of carbonyl (C=O) groups is 1. The molecule has 0 aliphatic heterocycles. The number of hydrogen-bond donors (Lipinski definition) is 0. The number of methoxy groups -OCH3 is 3. The molecule has 0 unspecified atom stereocenters. The topological polar surface area (TPSA) is 88.1 Å². The first-order chi connectivity index (χ1) is 12.8. The lowest BCUT2D eigenvalue weighted by Crippen LogP contribution is -2.12. The number of halogens is 1. The van der Waals surface area contributed by atoms with E-state index in [0.29, 0.717) is 5.56 Å². The average molecular weight is 396 g/mol. The molecule has 0 fully saturated rings. The second-order valence-electron chi connectivity index (χ2n) is 5.11. The summed E-state index contributed by atoms with van der Waals surface area (Å²) in [6.45, 7) is 0. The number of hydrogen-bond acceptors (Lipinski definition) is 7. The number of benzene rings is 2. The molecule has 0 saturated heterocycles. The summed E-state index contributed by atoms with van der Waals surface area (Å²) in [7, 11) is -0.586. The van der Waals surface area contributed by atoms with Crippen LogP contribution in [0.2, 0.25) is 0 Å². The summed E-state index contributed by atoms with van der Waals surface area (Å²) >= 11 is 0. The molecule has 0 radical (unpaired) electrons. The summed E-state index contributed by atoms with van der Waals surface area (Å²) in [4.78, 5) is 10.9. The van der Waals surface area contributed by atoms with Gasteiger partial charge >= 0.3 is 16.1 Å². The van der Waals surface area contributed by atoms with Crippen molar-refractivity contribution < 1.29 is 36.0 Å². The van der Waals surface area contributed by atoms with E-state index in [0.717, 1.165) is 18.2 Å². The molecular formula is C18H17FO7S. The van der Waals surface area contributed by atoms with Crippen molar-refractivity contribution in [2.24, 2.45) is 0 Å². The van der Waals surface area contributed by atoms with Gasteiger partial charge in [-0.1, -0.05) is 6.07 Å². The third-order valence-electron chi connectivity index (χ3n) is 3.35. The van der Waals surface area contributed by atoms with Crippen LogP contribution < -0.4 is 13.7 Å². The maximum absolute atomic E-state index is 13.3. The highest BCUT2D eigenvalue weighted by atomic mass is 32.2. The predicted octanol–water partition coefficient (Wildman–Crippen LogP) is 2.80. The van der Waals surface area contributed by atoms with Crippen molar-refractivity contribution in [1.82, 2.24) is 0 Å². The molecule has 2 aromatic carbocycles. The van der Waals surface area contributed by atoms with Gasteiger partial charge in [0, 0.05) is 12.1 Å². The Morgan fingerprint density at radius 2 is 1.81 bits per heavy atom. The number of rotatable bonds is 7. The molecule has 0 N–H and O–H groups in total. The van der Waals surface area contributed by atoms with E-state index in [1.54, 1.807) is 0 Å². The molecule has 0 amide bonds. The Balaban J connectivity index is 2.54. The van der Waals surface area contributed by atoms with Crippen LogP contribution in [0.15, 0.2) is 47.4 Å². The molecule has 0 spiro atoms. The molecule has 0 bridgehead atoms. The van der Waals surface area contributed by atoms with E-state index in [9.17, 15) is 17.6 Å². The number of ether oxygens (including phenoxy) is 3. The van der Waals surface area contributed by atoms with Crippen LogP contribution in [0.1, 0.15) is 5.56 Å². The van der Waals surface area contributed by atoms with Crippen LogP contribution in [-0.4, -0.2) is 35.7 Å². The van der Waals surface area contributed by atoms with Crippen LogP contribution in [0.3, 0.4) is 0 Å². The van der Waals surface area contributed by atoms with Gasteiger partial charge in [0.05, 0.1) is 21.3 Å². The largest absolute Gasteiger partial charge is 0.493 e. The van der Waals surface area contributed by atoms with Crippen molar-refractivity contribution in [1.29, 1.82) is 0 Å². The fourth-order valence-corrected chi connectivity index (χ4v) is 3.29. The van der Waals surface area contributed by atoms with Gasteiger partial charge in [-0.3, -0.25) is 0 Å². The van der Waals surface area contributed by atoms with E-state index in [1.807, 2.05) is 0 Å². The fraction of sp³-hybridized carbons (Fsp3) is 0.167. The van der Waals surface area contributed by atoms with Gasteiger partial charge < -0.3 is 18.4 Å². The normalized spacial score (nSPS) is 11.3. The summed E-state index contributed by atoms with van der Waals surface area (Å²) in [5.74, 6) is -1.46. The molecule has 0 aromatic heterocycles. The smallest absolute Gasteiger partial charge is 0.343 e. The van der Waals surface area contributed by atoms with Crippen molar-refractivity contribution in [3.63, 3.8) is 0 Å². The standard InChI is InChI=1S/C18H17FO7S/c1-23-15-9-12(7-8-17(20)24-2)10-16(18(15)25-3)27(21,22)26-14-6-4-5-13(19)11-14/h4-11H,1-3H3/b8-7+.